The summed E-state index contributed by atoms with van der Waals surface area (Å²) in [6, 6.07) is 0.150. The first-order valence-electron chi connectivity index (χ1n) is 8.05. The van der Waals surface area contributed by atoms with Crippen LogP contribution in [0.3, 0.4) is 0 Å². The average Bonchev–Trinajstić information content (AvgIpc) is 2.38. The average molecular weight is 282 g/mol. The zero-order valence-electron chi connectivity index (χ0n) is 13.3. The summed E-state index contributed by atoms with van der Waals surface area (Å²) in [4.78, 5) is 14.4. The van der Waals surface area contributed by atoms with Crippen molar-refractivity contribution in [3.63, 3.8) is 0 Å². The maximum absolute atomic E-state index is 12.5. The molecule has 2 rings (SSSR count). The number of carbonyl (C=O) groups is 1. The molecule has 0 aromatic heterocycles. The normalized spacial score (nSPS) is 26.6. The maximum Gasteiger partial charge on any atom is 0.410 e. The van der Waals surface area contributed by atoms with Gasteiger partial charge in [0.15, 0.2) is 0 Å². The van der Waals surface area contributed by atoms with Crippen LogP contribution in [-0.2, 0) is 4.74 Å². The lowest BCUT2D eigenvalue weighted by Crippen LogP contribution is -2.55. The number of piperidine rings is 1. The number of nitrogens with zero attached hydrogens (tertiary/aromatic N) is 1. The van der Waals surface area contributed by atoms with E-state index in [1.54, 1.807) is 0 Å². The summed E-state index contributed by atoms with van der Waals surface area (Å²) in [6.45, 7) is 7.13. The van der Waals surface area contributed by atoms with Crippen LogP contribution in [0.5, 0.6) is 0 Å². The summed E-state index contributed by atoms with van der Waals surface area (Å²) in [7, 11) is 0. The Morgan fingerprint density at radius 2 is 1.90 bits per heavy atom. The second kappa shape index (κ2) is 5.92. The molecule has 116 valence electrons. The minimum absolute atomic E-state index is 0.150. The zero-order valence-corrected chi connectivity index (χ0v) is 13.3. The first kappa shape index (κ1) is 15.6. The van der Waals surface area contributed by atoms with Gasteiger partial charge in [-0.25, -0.2) is 4.79 Å². The van der Waals surface area contributed by atoms with Crippen LogP contribution in [0.1, 0.15) is 65.7 Å². The van der Waals surface area contributed by atoms with Crippen molar-refractivity contribution in [2.75, 3.05) is 13.1 Å². The van der Waals surface area contributed by atoms with Gasteiger partial charge in [0.05, 0.1) is 0 Å². The van der Waals surface area contributed by atoms with Crippen LogP contribution in [0.25, 0.3) is 0 Å². The van der Waals surface area contributed by atoms with Crippen molar-refractivity contribution in [2.24, 2.45) is 11.1 Å². The molecule has 0 aromatic carbocycles. The second-order valence-corrected chi connectivity index (χ2v) is 7.60. The van der Waals surface area contributed by atoms with E-state index >= 15 is 0 Å². The monoisotopic (exact) mass is 282 g/mol. The Bertz CT molecular complexity index is 343. The van der Waals surface area contributed by atoms with Crippen molar-refractivity contribution in [1.29, 1.82) is 0 Å². The lowest BCUT2D eigenvalue weighted by atomic mass is 9.68. The molecule has 1 saturated carbocycles. The van der Waals surface area contributed by atoms with Gasteiger partial charge in [-0.2, -0.15) is 0 Å². The Kier molecular flexibility index (Phi) is 4.62. The second-order valence-electron chi connectivity index (χ2n) is 7.60. The van der Waals surface area contributed by atoms with E-state index in [0.717, 1.165) is 13.0 Å². The number of nitrogens with two attached hydrogens (primary N) is 1. The van der Waals surface area contributed by atoms with Crippen molar-refractivity contribution in [1.82, 2.24) is 4.90 Å². The third kappa shape index (κ3) is 3.66. The van der Waals surface area contributed by atoms with Crippen LogP contribution in [0.15, 0.2) is 0 Å². The standard InChI is InChI=1S/C16H30N2O2/c1-15(2,3)20-14(19)18-12-16(8-5-4-6-9-16)10-7-13(18)11-17/h13H,4-12,17H2,1-3H3/t13-/m0/s1. The number of hydrogen-bond donors (Lipinski definition) is 1. The number of ether oxygens (including phenoxy) is 1. The maximum atomic E-state index is 12.5. The Balaban J connectivity index is 2.08. The predicted molar refractivity (Wildman–Crippen MR) is 80.5 cm³/mol. The summed E-state index contributed by atoms with van der Waals surface area (Å²) in [6.07, 6.45) is 8.51. The molecule has 2 aliphatic rings. The minimum Gasteiger partial charge on any atom is -0.444 e. The van der Waals surface area contributed by atoms with E-state index in [1.165, 1.54) is 38.5 Å². The van der Waals surface area contributed by atoms with Gasteiger partial charge in [-0.1, -0.05) is 19.3 Å². The van der Waals surface area contributed by atoms with Crippen LogP contribution < -0.4 is 5.73 Å². The Hall–Kier alpha value is -0.770. The van der Waals surface area contributed by atoms with E-state index in [4.69, 9.17) is 10.5 Å². The van der Waals surface area contributed by atoms with Gasteiger partial charge in [0.1, 0.15) is 5.60 Å². The Morgan fingerprint density at radius 3 is 2.45 bits per heavy atom. The molecule has 1 heterocycles. The summed E-state index contributed by atoms with van der Waals surface area (Å²) < 4.78 is 5.57. The lowest BCUT2D eigenvalue weighted by molar-refractivity contribution is -0.0206. The number of hydrogen-bond acceptors (Lipinski definition) is 3. The largest absolute Gasteiger partial charge is 0.444 e. The molecular weight excluding hydrogens is 252 g/mol. The third-order valence-corrected chi connectivity index (χ3v) is 4.77. The van der Waals surface area contributed by atoms with Crippen molar-refractivity contribution >= 4 is 6.09 Å². The molecule has 0 radical (unpaired) electrons. The quantitative estimate of drug-likeness (QED) is 0.803. The highest BCUT2D eigenvalue weighted by molar-refractivity contribution is 5.69. The topological polar surface area (TPSA) is 55.6 Å². The summed E-state index contributed by atoms with van der Waals surface area (Å²) in [5.41, 5.74) is 5.76. The highest BCUT2D eigenvalue weighted by Crippen LogP contribution is 2.44. The van der Waals surface area contributed by atoms with Crippen LogP contribution in [0, 0.1) is 5.41 Å². The molecule has 4 heteroatoms. The molecule has 2 N–H and O–H groups in total. The van der Waals surface area contributed by atoms with Gasteiger partial charge < -0.3 is 15.4 Å². The first-order chi connectivity index (χ1) is 9.35. The molecule has 1 spiro atoms. The third-order valence-electron chi connectivity index (χ3n) is 4.77. The van der Waals surface area contributed by atoms with E-state index in [1.807, 2.05) is 25.7 Å². The van der Waals surface area contributed by atoms with Crippen molar-refractivity contribution in [3.8, 4) is 0 Å². The molecule has 0 unspecified atom stereocenters. The predicted octanol–water partition coefficient (Wildman–Crippen LogP) is 3.30. The van der Waals surface area contributed by atoms with Crippen molar-refractivity contribution < 1.29 is 9.53 Å². The Morgan fingerprint density at radius 1 is 1.25 bits per heavy atom. The van der Waals surface area contributed by atoms with Gasteiger partial charge >= 0.3 is 6.09 Å². The molecule has 1 aliphatic carbocycles. The van der Waals surface area contributed by atoms with Gasteiger partial charge in [0.2, 0.25) is 0 Å². The highest BCUT2D eigenvalue weighted by Gasteiger charge is 2.42. The van der Waals surface area contributed by atoms with Crippen molar-refractivity contribution in [3.05, 3.63) is 0 Å². The molecule has 1 amide bonds. The zero-order chi connectivity index (χ0) is 14.8. The van der Waals surface area contributed by atoms with Gasteiger partial charge in [-0.3, -0.25) is 0 Å². The fraction of sp³-hybridized carbons (Fsp3) is 0.938. The van der Waals surface area contributed by atoms with Gasteiger partial charge in [0.25, 0.3) is 0 Å². The van der Waals surface area contributed by atoms with Gasteiger partial charge in [-0.15, -0.1) is 0 Å². The minimum atomic E-state index is -0.437. The van der Waals surface area contributed by atoms with Crippen LogP contribution in [0.4, 0.5) is 4.79 Å². The molecule has 2 fully saturated rings. The lowest BCUT2D eigenvalue weighted by Gasteiger charge is -2.48. The number of amides is 1. The molecule has 0 bridgehead atoms. The number of rotatable bonds is 1. The first-order valence-corrected chi connectivity index (χ1v) is 8.05. The molecule has 0 aromatic rings. The number of carbonyl (C=O) groups excluding carboxylic acids is 1. The van der Waals surface area contributed by atoms with E-state index in [0.29, 0.717) is 12.0 Å². The van der Waals surface area contributed by atoms with E-state index in [-0.39, 0.29) is 12.1 Å². The highest BCUT2D eigenvalue weighted by atomic mass is 16.6. The van der Waals surface area contributed by atoms with Gasteiger partial charge in [-0.05, 0) is 51.9 Å². The van der Waals surface area contributed by atoms with E-state index in [9.17, 15) is 4.79 Å². The molecule has 1 atom stereocenters. The summed E-state index contributed by atoms with van der Waals surface area (Å²) in [5, 5.41) is 0. The van der Waals surface area contributed by atoms with Gasteiger partial charge in [0, 0.05) is 19.1 Å². The molecule has 1 aliphatic heterocycles. The summed E-state index contributed by atoms with van der Waals surface area (Å²) in [5.74, 6) is 0. The van der Waals surface area contributed by atoms with Crippen LogP contribution in [0.2, 0.25) is 0 Å². The molecule has 4 nitrogen and oxygen atoms in total. The van der Waals surface area contributed by atoms with Crippen LogP contribution in [-0.4, -0.2) is 35.7 Å². The summed E-state index contributed by atoms with van der Waals surface area (Å²) >= 11 is 0. The van der Waals surface area contributed by atoms with Crippen LogP contribution >= 0.6 is 0 Å². The fourth-order valence-electron chi connectivity index (χ4n) is 3.69. The Labute approximate surface area is 123 Å². The van der Waals surface area contributed by atoms with Crippen molar-refractivity contribution in [2.45, 2.75) is 77.4 Å². The van der Waals surface area contributed by atoms with E-state index < -0.39 is 5.60 Å². The SMILES string of the molecule is CC(C)(C)OC(=O)N1CC2(CCCCC2)CC[C@H]1CN. The number of likely N-dealkylation sites (tertiary alicyclic amines) is 1. The molecular formula is C16H30N2O2. The smallest absolute Gasteiger partial charge is 0.410 e. The molecule has 20 heavy (non-hydrogen) atoms. The van der Waals surface area contributed by atoms with E-state index in [2.05, 4.69) is 0 Å². The fourth-order valence-corrected chi connectivity index (χ4v) is 3.69. The molecule has 1 saturated heterocycles.